The molecule has 0 aromatic carbocycles. The monoisotopic (exact) mass is 146 g/mol. The van der Waals surface area contributed by atoms with Crippen LogP contribution in [0.1, 0.15) is 20.8 Å². The maximum absolute atomic E-state index is 9.58. The van der Waals surface area contributed by atoms with Gasteiger partial charge < -0.3 is 10.8 Å². The van der Waals surface area contributed by atoms with Crippen LogP contribution < -0.4 is 5.73 Å². The minimum Gasteiger partial charge on any atom is -0.375 e. The molecule has 0 rings (SSSR count). The average Bonchev–Trinajstić information content (AvgIpc) is 1.90. The summed E-state index contributed by atoms with van der Waals surface area (Å²) in [4.78, 5) is 1.92. The van der Waals surface area contributed by atoms with Crippen molar-refractivity contribution in [1.29, 1.82) is 0 Å². The number of nitrogens with zero attached hydrogens (tertiary/aromatic N) is 1. The van der Waals surface area contributed by atoms with Gasteiger partial charge >= 0.3 is 0 Å². The molecule has 1 unspecified atom stereocenters. The first-order chi connectivity index (χ1) is 4.58. The van der Waals surface area contributed by atoms with Gasteiger partial charge in [-0.3, -0.25) is 4.90 Å². The van der Waals surface area contributed by atoms with Crippen molar-refractivity contribution >= 4 is 0 Å². The van der Waals surface area contributed by atoms with Crippen molar-refractivity contribution in [3.05, 3.63) is 0 Å². The van der Waals surface area contributed by atoms with E-state index in [4.69, 9.17) is 5.73 Å². The van der Waals surface area contributed by atoms with Crippen LogP contribution in [0.5, 0.6) is 0 Å². The minimum absolute atomic E-state index is 0.286. The zero-order valence-electron chi connectivity index (χ0n) is 7.09. The lowest BCUT2D eigenvalue weighted by atomic mass is 10.2. The molecule has 0 heterocycles. The number of likely N-dealkylation sites (N-methyl/N-ethyl adjacent to an activating group) is 1. The fourth-order valence-corrected chi connectivity index (χ4v) is 1.03. The first kappa shape index (κ1) is 9.88. The molecule has 0 aromatic heterocycles. The summed E-state index contributed by atoms with van der Waals surface area (Å²) in [5.74, 6) is 0. The fraction of sp³-hybridized carbons (Fsp3) is 1.00. The molecule has 10 heavy (non-hydrogen) atoms. The predicted molar refractivity (Wildman–Crippen MR) is 42.6 cm³/mol. The van der Waals surface area contributed by atoms with E-state index >= 15 is 0 Å². The molecule has 3 nitrogen and oxygen atoms in total. The van der Waals surface area contributed by atoms with Gasteiger partial charge in [0.2, 0.25) is 0 Å². The zero-order chi connectivity index (χ0) is 8.20. The summed E-state index contributed by atoms with van der Waals surface area (Å²) in [5.41, 5.74) is 4.54. The standard InChI is InChI=1S/C7H18N2O/c1-4-9(5-2)7(3,10)6-8/h10H,4-6,8H2,1-3H3. The Kier molecular flexibility index (Phi) is 3.86. The highest BCUT2D eigenvalue weighted by molar-refractivity contribution is 4.72. The summed E-state index contributed by atoms with van der Waals surface area (Å²) in [7, 11) is 0. The fourth-order valence-electron chi connectivity index (χ4n) is 1.03. The Bertz CT molecular complexity index is 89.6. The summed E-state index contributed by atoms with van der Waals surface area (Å²) < 4.78 is 0. The molecule has 3 heteroatoms. The van der Waals surface area contributed by atoms with Crippen LogP contribution in [0.25, 0.3) is 0 Å². The van der Waals surface area contributed by atoms with E-state index in [1.807, 2.05) is 18.7 Å². The van der Waals surface area contributed by atoms with E-state index in [0.717, 1.165) is 13.1 Å². The summed E-state index contributed by atoms with van der Waals surface area (Å²) in [6.45, 7) is 7.71. The molecule has 0 saturated heterocycles. The maximum Gasteiger partial charge on any atom is 0.127 e. The van der Waals surface area contributed by atoms with Crippen molar-refractivity contribution in [2.24, 2.45) is 5.73 Å². The molecule has 0 saturated carbocycles. The van der Waals surface area contributed by atoms with Crippen LogP contribution in [0, 0.1) is 0 Å². The summed E-state index contributed by atoms with van der Waals surface area (Å²) in [5, 5.41) is 9.58. The van der Waals surface area contributed by atoms with Crippen LogP contribution in [0.15, 0.2) is 0 Å². The highest BCUT2D eigenvalue weighted by Gasteiger charge is 2.23. The van der Waals surface area contributed by atoms with Crippen molar-refractivity contribution in [3.63, 3.8) is 0 Å². The van der Waals surface area contributed by atoms with Gasteiger partial charge in [0.1, 0.15) is 5.72 Å². The summed E-state index contributed by atoms with van der Waals surface area (Å²) >= 11 is 0. The third kappa shape index (κ3) is 2.25. The number of aliphatic hydroxyl groups is 1. The molecule has 0 radical (unpaired) electrons. The lowest BCUT2D eigenvalue weighted by Gasteiger charge is -2.34. The molecule has 0 aliphatic carbocycles. The van der Waals surface area contributed by atoms with Gasteiger partial charge in [-0.15, -0.1) is 0 Å². The Morgan fingerprint density at radius 3 is 1.90 bits per heavy atom. The van der Waals surface area contributed by atoms with Crippen LogP contribution in [0.2, 0.25) is 0 Å². The number of hydrogen-bond acceptors (Lipinski definition) is 3. The van der Waals surface area contributed by atoms with Gasteiger partial charge in [0.05, 0.1) is 0 Å². The third-order valence-corrected chi connectivity index (χ3v) is 1.83. The molecule has 0 amide bonds. The smallest absolute Gasteiger partial charge is 0.127 e. The maximum atomic E-state index is 9.58. The Balaban J connectivity index is 3.97. The molecule has 3 N–H and O–H groups in total. The van der Waals surface area contributed by atoms with E-state index in [1.54, 1.807) is 6.92 Å². The second kappa shape index (κ2) is 3.91. The van der Waals surface area contributed by atoms with E-state index in [9.17, 15) is 5.11 Å². The molecular formula is C7H18N2O. The SMILES string of the molecule is CCN(CC)C(C)(O)CN. The first-order valence-electron chi connectivity index (χ1n) is 3.76. The summed E-state index contributed by atoms with van der Waals surface area (Å²) in [6.07, 6.45) is 0. The highest BCUT2D eigenvalue weighted by atomic mass is 16.3. The van der Waals surface area contributed by atoms with Crippen molar-refractivity contribution in [3.8, 4) is 0 Å². The molecule has 0 fully saturated rings. The second-order valence-corrected chi connectivity index (χ2v) is 2.59. The zero-order valence-corrected chi connectivity index (χ0v) is 7.09. The van der Waals surface area contributed by atoms with E-state index in [1.165, 1.54) is 0 Å². The topological polar surface area (TPSA) is 49.5 Å². The van der Waals surface area contributed by atoms with E-state index in [0.29, 0.717) is 0 Å². The van der Waals surface area contributed by atoms with Gasteiger partial charge in [0.15, 0.2) is 0 Å². The lowest BCUT2D eigenvalue weighted by Crippen LogP contribution is -2.51. The molecule has 62 valence electrons. The van der Waals surface area contributed by atoms with Crippen LogP contribution >= 0.6 is 0 Å². The van der Waals surface area contributed by atoms with Gasteiger partial charge in [-0.1, -0.05) is 13.8 Å². The number of nitrogens with two attached hydrogens (primary N) is 1. The summed E-state index contributed by atoms with van der Waals surface area (Å²) in [6, 6.07) is 0. The Morgan fingerprint density at radius 2 is 1.80 bits per heavy atom. The minimum atomic E-state index is -0.830. The second-order valence-electron chi connectivity index (χ2n) is 2.59. The van der Waals surface area contributed by atoms with Crippen molar-refractivity contribution in [2.45, 2.75) is 26.5 Å². The van der Waals surface area contributed by atoms with Crippen LogP contribution in [-0.2, 0) is 0 Å². The van der Waals surface area contributed by atoms with Crippen LogP contribution in [-0.4, -0.2) is 35.4 Å². The van der Waals surface area contributed by atoms with Gasteiger partial charge in [0.25, 0.3) is 0 Å². The van der Waals surface area contributed by atoms with Gasteiger partial charge in [0, 0.05) is 6.54 Å². The van der Waals surface area contributed by atoms with Gasteiger partial charge in [-0.2, -0.15) is 0 Å². The average molecular weight is 146 g/mol. The van der Waals surface area contributed by atoms with E-state index < -0.39 is 5.72 Å². The molecule has 0 aliphatic heterocycles. The molecule has 0 bridgehead atoms. The Labute approximate surface area is 62.8 Å². The lowest BCUT2D eigenvalue weighted by molar-refractivity contribution is -0.0803. The number of hydrogen-bond donors (Lipinski definition) is 2. The third-order valence-electron chi connectivity index (χ3n) is 1.83. The van der Waals surface area contributed by atoms with Gasteiger partial charge in [-0.25, -0.2) is 0 Å². The van der Waals surface area contributed by atoms with Crippen molar-refractivity contribution in [1.82, 2.24) is 4.90 Å². The molecular weight excluding hydrogens is 128 g/mol. The number of rotatable bonds is 4. The van der Waals surface area contributed by atoms with Gasteiger partial charge in [-0.05, 0) is 20.0 Å². The van der Waals surface area contributed by atoms with Crippen molar-refractivity contribution in [2.75, 3.05) is 19.6 Å². The molecule has 0 aliphatic rings. The van der Waals surface area contributed by atoms with Crippen molar-refractivity contribution < 1.29 is 5.11 Å². The van der Waals surface area contributed by atoms with Crippen LogP contribution in [0.3, 0.4) is 0 Å². The first-order valence-corrected chi connectivity index (χ1v) is 3.76. The molecule has 1 atom stereocenters. The van der Waals surface area contributed by atoms with E-state index in [-0.39, 0.29) is 6.54 Å². The Hall–Kier alpha value is -0.120. The molecule has 0 spiro atoms. The Morgan fingerprint density at radius 1 is 1.40 bits per heavy atom. The quantitative estimate of drug-likeness (QED) is 0.549. The molecule has 0 aromatic rings. The normalized spacial score (nSPS) is 17.4. The van der Waals surface area contributed by atoms with E-state index in [2.05, 4.69) is 0 Å². The predicted octanol–water partition coefficient (Wildman–Crippen LogP) is -0.00460. The largest absolute Gasteiger partial charge is 0.375 e. The highest BCUT2D eigenvalue weighted by Crippen LogP contribution is 2.07. The van der Waals surface area contributed by atoms with Crippen LogP contribution in [0.4, 0.5) is 0 Å².